The van der Waals surface area contributed by atoms with Crippen LogP contribution in [0.25, 0.3) is 0 Å². The third-order valence-electron chi connectivity index (χ3n) is 2.87. The summed E-state index contributed by atoms with van der Waals surface area (Å²) >= 11 is 9.26. The molecule has 0 aliphatic rings. The molecule has 0 aliphatic heterocycles. The Labute approximate surface area is 143 Å². The highest BCUT2D eigenvalue weighted by atomic mass is 79.9. The lowest BCUT2D eigenvalue weighted by Gasteiger charge is -2.11. The summed E-state index contributed by atoms with van der Waals surface area (Å²) in [6.45, 7) is 4.80. The second kappa shape index (κ2) is 7.65. The number of nitrogens with one attached hydrogen (secondary N) is 1. The number of halogens is 2. The zero-order valence-corrected chi connectivity index (χ0v) is 14.7. The second-order valence-electron chi connectivity index (χ2n) is 5.31. The molecule has 0 aliphatic carbocycles. The Morgan fingerprint density at radius 1 is 1.23 bits per heavy atom. The molecule has 0 heterocycles. The van der Waals surface area contributed by atoms with Crippen molar-refractivity contribution in [3.8, 4) is 5.75 Å². The Morgan fingerprint density at radius 2 is 1.91 bits per heavy atom. The van der Waals surface area contributed by atoms with E-state index in [2.05, 4.69) is 35.1 Å². The molecule has 2 aromatic rings. The zero-order chi connectivity index (χ0) is 16.1. The average molecular weight is 383 g/mol. The van der Waals surface area contributed by atoms with E-state index in [0.29, 0.717) is 28.8 Å². The van der Waals surface area contributed by atoms with Crippen LogP contribution in [0.15, 0.2) is 46.9 Å². The van der Waals surface area contributed by atoms with E-state index in [9.17, 15) is 4.79 Å². The molecule has 5 heteroatoms. The van der Waals surface area contributed by atoms with Gasteiger partial charge in [-0.15, -0.1) is 0 Å². The van der Waals surface area contributed by atoms with Gasteiger partial charge in [-0.05, 0) is 64.3 Å². The molecular weight excluding hydrogens is 366 g/mol. The monoisotopic (exact) mass is 381 g/mol. The number of ether oxygens (including phenoxy) is 1. The first kappa shape index (κ1) is 16.8. The van der Waals surface area contributed by atoms with Gasteiger partial charge in [-0.25, -0.2) is 0 Å². The Balaban J connectivity index is 2.07. The van der Waals surface area contributed by atoms with Crippen LogP contribution in [0, 0.1) is 5.92 Å². The molecule has 3 nitrogen and oxygen atoms in total. The summed E-state index contributed by atoms with van der Waals surface area (Å²) in [6.07, 6.45) is 0. The average Bonchev–Trinajstić information content (AvgIpc) is 2.48. The van der Waals surface area contributed by atoms with Gasteiger partial charge in [-0.2, -0.15) is 0 Å². The normalized spacial score (nSPS) is 10.6. The van der Waals surface area contributed by atoms with Crippen LogP contribution < -0.4 is 10.1 Å². The van der Waals surface area contributed by atoms with Crippen LogP contribution in [-0.2, 0) is 0 Å². The molecule has 0 bridgehead atoms. The van der Waals surface area contributed by atoms with E-state index in [1.54, 1.807) is 42.5 Å². The van der Waals surface area contributed by atoms with Gasteiger partial charge in [0.15, 0.2) is 0 Å². The summed E-state index contributed by atoms with van der Waals surface area (Å²) in [6, 6.07) is 12.3. The van der Waals surface area contributed by atoms with E-state index in [-0.39, 0.29) is 5.91 Å². The van der Waals surface area contributed by atoms with Gasteiger partial charge in [0.1, 0.15) is 5.75 Å². The minimum absolute atomic E-state index is 0.182. The molecule has 0 aromatic heterocycles. The van der Waals surface area contributed by atoms with Gasteiger partial charge >= 0.3 is 0 Å². The molecule has 0 radical (unpaired) electrons. The first-order valence-electron chi connectivity index (χ1n) is 6.95. The molecule has 116 valence electrons. The predicted octanol–water partition coefficient (Wildman–Crippen LogP) is 5.39. The quantitative estimate of drug-likeness (QED) is 0.753. The lowest BCUT2D eigenvalue weighted by atomic mass is 10.2. The third kappa shape index (κ3) is 4.75. The van der Waals surface area contributed by atoms with Crippen molar-refractivity contribution in [2.75, 3.05) is 11.9 Å². The van der Waals surface area contributed by atoms with Crippen LogP contribution in [0.5, 0.6) is 5.75 Å². The van der Waals surface area contributed by atoms with E-state index in [1.807, 2.05) is 0 Å². The Hall–Kier alpha value is -1.52. The summed E-state index contributed by atoms with van der Waals surface area (Å²) in [4.78, 5) is 12.2. The van der Waals surface area contributed by atoms with Gasteiger partial charge in [-0.1, -0.05) is 25.4 Å². The van der Waals surface area contributed by atoms with Gasteiger partial charge in [0.05, 0.1) is 11.1 Å². The minimum atomic E-state index is -0.182. The molecule has 0 unspecified atom stereocenters. The molecule has 2 rings (SSSR count). The van der Waals surface area contributed by atoms with Crippen LogP contribution in [0.2, 0.25) is 5.02 Å². The van der Waals surface area contributed by atoms with Crippen LogP contribution in [0.3, 0.4) is 0 Å². The summed E-state index contributed by atoms with van der Waals surface area (Å²) < 4.78 is 6.43. The Kier molecular flexibility index (Phi) is 5.86. The molecule has 0 fully saturated rings. The van der Waals surface area contributed by atoms with E-state index >= 15 is 0 Å². The number of carbonyl (C=O) groups is 1. The van der Waals surface area contributed by atoms with Gasteiger partial charge in [0.2, 0.25) is 0 Å². The first-order valence-corrected chi connectivity index (χ1v) is 8.12. The smallest absolute Gasteiger partial charge is 0.255 e. The number of benzene rings is 2. The van der Waals surface area contributed by atoms with Gasteiger partial charge < -0.3 is 10.1 Å². The molecule has 0 atom stereocenters. The minimum Gasteiger partial charge on any atom is -0.492 e. The number of amides is 1. The summed E-state index contributed by atoms with van der Waals surface area (Å²) in [5, 5.41) is 3.45. The molecular formula is C17H17BrClNO2. The highest BCUT2D eigenvalue weighted by Crippen LogP contribution is 2.27. The third-order valence-corrected chi connectivity index (χ3v) is 3.74. The maximum Gasteiger partial charge on any atom is 0.255 e. The lowest BCUT2D eigenvalue weighted by molar-refractivity contribution is 0.102. The summed E-state index contributed by atoms with van der Waals surface area (Å²) in [5.74, 6) is 0.995. The molecule has 1 amide bonds. The largest absolute Gasteiger partial charge is 0.492 e. The van der Waals surface area contributed by atoms with Gasteiger partial charge in [0, 0.05) is 16.3 Å². The SMILES string of the molecule is CC(C)COc1ccc(C(=O)Nc2ccc(Cl)cc2)cc1Br. The first-order chi connectivity index (χ1) is 10.5. The molecule has 1 N–H and O–H groups in total. The summed E-state index contributed by atoms with van der Waals surface area (Å²) in [5.41, 5.74) is 1.25. The van der Waals surface area contributed by atoms with E-state index in [1.165, 1.54) is 0 Å². The molecule has 0 spiro atoms. The molecule has 0 saturated heterocycles. The zero-order valence-electron chi connectivity index (χ0n) is 12.4. The number of rotatable bonds is 5. The van der Waals surface area contributed by atoms with Crippen LogP contribution in [-0.4, -0.2) is 12.5 Å². The van der Waals surface area contributed by atoms with Crippen molar-refractivity contribution in [3.63, 3.8) is 0 Å². The highest BCUT2D eigenvalue weighted by molar-refractivity contribution is 9.10. The van der Waals surface area contributed by atoms with Crippen molar-refractivity contribution in [3.05, 3.63) is 57.5 Å². The van der Waals surface area contributed by atoms with Crippen LogP contribution in [0.4, 0.5) is 5.69 Å². The standard InChI is InChI=1S/C17H17BrClNO2/c1-11(2)10-22-16-8-3-12(9-15(16)18)17(21)20-14-6-4-13(19)5-7-14/h3-9,11H,10H2,1-2H3,(H,20,21). The van der Waals surface area contributed by atoms with Crippen molar-refractivity contribution in [2.45, 2.75) is 13.8 Å². The van der Waals surface area contributed by atoms with Crippen molar-refractivity contribution >= 4 is 39.1 Å². The van der Waals surface area contributed by atoms with E-state index in [0.717, 1.165) is 10.2 Å². The van der Waals surface area contributed by atoms with Crippen molar-refractivity contribution in [2.24, 2.45) is 5.92 Å². The lowest BCUT2D eigenvalue weighted by Crippen LogP contribution is -2.12. The molecule has 22 heavy (non-hydrogen) atoms. The second-order valence-corrected chi connectivity index (χ2v) is 6.60. The van der Waals surface area contributed by atoms with Gasteiger partial charge in [-0.3, -0.25) is 4.79 Å². The number of hydrogen-bond acceptors (Lipinski definition) is 2. The van der Waals surface area contributed by atoms with Crippen LogP contribution >= 0.6 is 27.5 Å². The van der Waals surface area contributed by atoms with E-state index < -0.39 is 0 Å². The van der Waals surface area contributed by atoms with Crippen molar-refractivity contribution in [1.29, 1.82) is 0 Å². The maximum absolute atomic E-state index is 12.2. The Bertz CT molecular complexity index is 656. The fourth-order valence-corrected chi connectivity index (χ4v) is 2.37. The maximum atomic E-state index is 12.2. The fourth-order valence-electron chi connectivity index (χ4n) is 1.75. The van der Waals surface area contributed by atoms with Crippen LogP contribution in [0.1, 0.15) is 24.2 Å². The topological polar surface area (TPSA) is 38.3 Å². The molecule has 2 aromatic carbocycles. The predicted molar refractivity (Wildman–Crippen MR) is 93.9 cm³/mol. The Morgan fingerprint density at radius 3 is 2.50 bits per heavy atom. The summed E-state index contributed by atoms with van der Waals surface area (Å²) in [7, 11) is 0. The van der Waals surface area contributed by atoms with Crippen molar-refractivity contribution < 1.29 is 9.53 Å². The number of carbonyl (C=O) groups excluding carboxylic acids is 1. The van der Waals surface area contributed by atoms with Gasteiger partial charge in [0.25, 0.3) is 5.91 Å². The highest BCUT2D eigenvalue weighted by Gasteiger charge is 2.10. The number of hydrogen-bond donors (Lipinski definition) is 1. The molecule has 0 saturated carbocycles. The van der Waals surface area contributed by atoms with Crippen molar-refractivity contribution in [1.82, 2.24) is 0 Å². The fraction of sp³-hybridized carbons (Fsp3) is 0.235. The number of anilines is 1. The van der Waals surface area contributed by atoms with E-state index in [4.69, 9.17) is 16.3 Å².